The summed E-state index contributed by atoms with van der Waals surface area (Å²) in [5.74, 6) is 1.13. The van der Waals surface area contributed by atoms with E-state index in [4.69, 9.17) is 4.42 Å². The lowest BCUT2D eigenvalue weighted by atomic mass is 9.96. The Morgan fingerprint density at radius 3 is 2.60 bits per heavy atom. The van der Waals surface area contributed by atoms with Gasteiger partial charge in [-0.25, -0.2) is 0 Å². The van der Waals surface area contributed by atoms with E-state index in [-0.39, 0.29) is 12.5 Å². The van der Waals surface area contributed by atoms with Crippen molar-refractivity contribution in [3.05, 3.63) is 23.2 Å². The SMILES string of the molecule is CCc1oc(C(=O)N2CCCC(O)(CO)CC2)cc1CN(CC)CC. The van der Waals surface area contributed by atoms with Gasteiger partial charge in [-0.15, -0.1) is 0 Å². The van der Waals surface area contributed by atoms with Gasteiger partial charge in [-0.2, -0.15) is 0 Å². The van der Waals surface area contributed by atoms with E-state index >= 15 is 0 Å². The standard InChI is InChI=1S/C19H32N2O4/c1-4-16-15(13-20(5-2)6-3)12-17(25-16)18(23)21-10-7-8-19(24,14-22)9-11-21/h12,22,24H,4-11,13-14H2,1-3H3. The molecule has 6 heteroatoms. The number of amides is 1. The summed E-state index contributed by atoms with van der Waals surface area (Å²) in [5, 5.41) is 19.6. The predicted octanol–water partition coefficient (Wildman–Crippen LogP) is 2.03. The summed E-state index contributed by atoms with van der Waals surface area (Å²) in [5.41, 5.74) is 0.0111. The third-order valence-electron chi connectivity index (χ3n) is 5.22. The minimum absolute atomic E-state index is 0.123. The Morgan fingerprint density at radius 1 is 1.28 bits per heavy atom. The van der Waals surface area contributed by atoms with Gasteiger partial charge in [0.2, 0.25) is 0 Å². The molecule has 2 rings (SSSR count). The van der Waals surface area contributed by atoms with Crippen LogP contribution < -0.4 is 0 Å². The van der Waals surface area contributed by atoms with E-state index in [9.17, 15) is 15.0 Å². The van der Waals surface area contributed by atoms with Gasteiger partial charge < -0.3 is 19.5 Å². The average Bonchev–Trinajstić information content (AvgIpc) is 2.93. The highest BCUT2D eigenvalue weighted by molar-refractivity contribution is 5.91. The number of aryl methyl sites for hydroxylation is 1. The van der Waals surface area contributed by atoms with Crippen LogP contribution in [0.5, 0.6) is 0 Å². The van der Waals surface area contributed by atoms with Crippen LogP contribution in [-0.2, 0) is 13.0 Å². The Labute approximate surface area is 150 Å². The monoisotopic (exact) mass is 352 g/mol. The molecule has 0 spiro atoms. The predicted molar refractivity (Wildman–Crippen MR) is 96.5 cm³/mol. The number of nitrogens with zero attached hydrogens (tertiary/aromatic N) is 2. The summed E-state index contributed by atoms with van der Waals surface area (Å²) in [7, 11) is 0. The molecule has 1 saturated heterocycles. The van der Waals surface area contributed by atoms with Crippen molar-refractivity contribution < 1.29 is 19.4 Å². The van der Waals surface area contributed by atoms with E-state index in [1.54, 1.807) is 4.90 Å². The first kappa shape index (κ1) is 19.9. The Bertz CT molecular complexity index is 568. The van der Waals surface area contributed by atoms with Gasteiger partial charge in [-0.05, 0) is 38.4 Å². The number of furan rings is 1. The highest BCUT2D eigenvalue weighted by Crippen LogP contribution is 2.25. The summed E-state index contributed by atoms with van der Waals surface area (Å²) in [6.45, 7) is 9.74. The first-order valence-electron chi connectivity index (χ1n) is 9.42. The molecule has 1 aromatic heterocycles. The molecule has 6 nitrogen and oxygen atoms in total. The van der Waals surface area contributed by atoms with Crippen LogP contribution in [0.3, 0.4) is 0 Å². The van der Waals surface area contributed by atoms with Gasteiger partial charge in [-0.3, -0.25) is 9.69 Å². The van der Waals surface area contributed by atoms with Crippen LogP contribution in [0.2, 0.25) is 0 Å². The van der Waals surface area contributed by atoms with E-state index < -0.39 is 5.60 Å². The van der Waals surface area contributed by atoms with Crippen LogP contribution in [0.15, 0.2) is 10.5 Å². The van der Waals surface area contributed by atoms with Gasteiger partial charge in [0.1, 0.15) is 5.76 Å². The van der Waals surface area contributed by atoms with Crippen molar-refractivity contribution in [1.82, 2.24) is 9.80 Å². The lowest BCUT2D eigenvalue weighted by molar-refractivity contribution is -0.0251. The molecule has 25 heavy (non-hydrogen) atoms. The lowest BCUT2D eigenvalue weighted by Crippen LogP contribution is -2.36. The van der Waals surface area contributed by atoms with Crippen molar-refractivity contribution >= 4 is 5.91 Å². The lowest BCUT2D eigenvalue weighted by Gasteiger charge is -2.24. The molecule has 1 amide bonds. The quantitative estimate of drug-likeness (QED) is 0.785. The molecular weight excluding hydrogens is 320 g/mol. The number of rotatable bonds is 7. The highest BCUT2D eigenvalue weighted by Gasteiger charge is 2.32. The first-order chi connectivity index (χ1) is 12.0. The van der Waals surface area contributed by atoms with Crippen LogP contribution in [0.1, 0.15) is 61.9 Å². The molecule has 2 heterocycles. The Balaban J connectivity index is 2.12. The summed E-state index contributed by atoms with van der Waals surface area (Å²) >= 11 is 0. The maximum Gasteiger partial charge on any atom is 0.289 e. The van der Waals surface area contributed by atoms with Crippen LogP contribution in [-0.4, -0.2) is 64.3 Å². The summed E-state index contributed by atoms with van der Waals surface area (Å²) in [6, 6.07) is 1.88. The molecule has 0 aliphatic carbocycles. The smallest absolute Gasteiger partial charge is 0.289 e. The first-order valence-corrected chi connectivity index (χ1v) is 9.42. The van der Waals surface area contributed by atoms with Crippen molar-refractivity contribution in [2.45, 2.75) is 58.6 Å². The highest BCUT2D eigenvalue weighted by atomic mass is 16.4. The second kappa shape index (κ2) is 8.83. The fourth-order valence-electron chi connectivity index (χ4n) is 3.39. The van der Waals surface area contributed by atoms with Crippen molar-refractivity contribution in [2.75, 3.05) is 32.8 Å². The Hall–Kier alpha value is -1.37. The normalized spacial score (nSPS) is 21.6. The van der Waals surface area contributed by atoms with Crippen molar-refractivity contribution in [2.24, 2.45) is 0 Å². The number of likely N-dealkylation sites (tertiary alicyclic amines) is 1. The molecule has 0 saturated carbocycles. The summed E-state index contributed by atoms with van der Waals surface area (Å²) < 4.78 is 5.86. The van der Waals surface area contributed by atoms with Gasteiger partial charge >= 0.3 is 0 Å². The number of aliphatic hydroxyl groups is 2. The number of carbonyl (C=O) groups excluding carboxylic acids is 1. The molecule has 0 bridgehead atoms. The Morgan fingerprint density at radius 2 is 2.00 bits per heavy atom. The second-order valence-corrected chi connectivity index (χ2v) is 6.90. The molecule has 0 aromatic carbocycles. The molecular formula is C19H32N2O4. The number of hydrogen-bond donors (Lipinski definition) is 2. The Kier molecular flexibility index (Phi) is 7.04. The number of hydrogen-bond acceptors (Lipinski definition) is 5. The van der Waals surface area contributed by atoms with Crippen molar-refractivity contribution in [1.29, 1.82) is 0 Å². The van der Waals surface area contributed by atoms with Crippen LogP contribution in [0.25, 0.3) is 0 Å². The minimum atomic E-state index is -1.07. The molecule has 142 valence electrons. The van der Waals surface area contributed by atoms with Crippen molar-refractivity contribution in [3.63, 3.8) is 0 Å². The zero-order chi connectivity index (χ0) is 18.4. The van der Waals surface area contributed by atoms with Gasteiger partial charge in [0.05, 0.1) is 12.2 Å². The van der Waals surface area contributed by atoms with Gasteiger partial charge in [0.25, 0.3) is 5.91 Å². The number of aliphatic hydroxyl groups excluding tert-OH is 1. The maximum absolute atomic E-state index is 12.8. The van der Waals surface area contributed by atoms with Crippen LogP contribution in [0, 0.1) is 0 Å². The van der Waals surface area contributed by atoms with Gasteiger partial charge in [0.15, 0.2) is 5.76 Å². The van der Waals surface area contributed by atoms with Crippen LogP contribution in [0.4, 0.5) is 0 Å². The molecule has 0 radical (unpaired) electrons. The van der Waals surface area contributed by atoms with E-state index in [2.05, 4.69) is 18.7 Å². The van der Waals surface area contributed by atoms with E-state index in [1.807, 2.05) is 13.0 Å². The molecule has 2 N–H and O–H groups in total. The fraction of sp³-hybridized carbons (Fsp3) is 0.737. The van der Waals surface area contributed by atoms with Crippen molar-refractivity contribution in [3.8, 4) is 0 Å². The van der Waals surface area contributed by atoms with E-state index in [0.717, 1.165) is 37.4 Å². The second-order valence-electron chi connectivity index (χ2n) is 6.90. The topological polar surface area (TPSA) is 77.2 Å². The molecule has 1 fully saturated rings. The summed E-state index contributed by atoms with van der Waals surface area (Å²) in [4.78, 5) is 16.9. The summed E-state index contributed by atoms with van der Waals surface area (Å²) in [6.07, 6.45) is 2.34. The molecule has 1 aliphatic rings. The fourth-order valence-corrected chi connectivity index (χ4v) is 3.39. The minimum Gasteiger partial charge on any atom is -0.456 e. The number of carbonyl (C=O) groups is 1. The zero-order valence-electron chi connectivity index (χ0n) is 15.8. The molecule has 1 aliphatic heterocycles. The third kappa shape index (κ3) is 4.84. The van der Waals surface area contributed by atoms with Crippen LogP contribution >= 0.6 is 0 Å². The average molecular weight is 352 g/mol. The van der Waals surface area contributed by atoms with Gasteiger partial charge in [-0.1, -0.05) is 20.8 Å². The van der Waals surface area contributed by atoms with E-state index in [1.165, 1.54) is 0 Å². The van der Waals surface area contributed by atoms with E-state index in [0.29, 0.717) is 38.1 Å². The maximum atomic E-state index is 12.8. The molecule has 1 aromatic rings. The molecule has 1 unspecified atom stereocenters. The largest absolute Gasteiger partial charge is 0.456 e. The molecule has 1 atom stereocenters. The zero-order valence-corrected chi connectivity index (χ0v) is 15.8. The van der Waals surface area contributed by atoms with Gasteiger partial charge in [0, 0.05) is 31.6 Å². The third-order valence-corrected chi connectivity index (χ3v) is 5.22.